The summed E-state index contributed by atoms with van der Waals surface area (Å²) in [6, 6.07) is 13.0. The first kappa shape index (κ1) is 13.7. The fourth-order valence-electron chi connectivity index (χ4n) is 2.96. The van der Waals surface area contributed by atoms with E-state index in [0.29, 0.717) is 0 Å². The molecule has 104 valence electrons. The van der Waals surface area contributed by atoms with Crippen molar-refractivity contribution in [3.63, 3.8) is 0 Å². The third-order valence-corrected chi connectivity index (χ3v) is 4.65. The van der Waals surface area contributed by atoms with Gasteiger partial charge < -0.3 is 5.73 Å². The molecule has 0 amide bonds. The second-order valence-corrected chi connectivity index (χ2v) is 6.18. The lowest BCUT2D eigenvalue weighted by atomic mass is 9.96. The maximum atomic E-state index is 6.33. The maximum absolute atomic E-state index is 6.33. The van der Waals surface area contributed by atoms with Crippen molar-refractivity contribution in [3.05, 3.63) is 69.2 Å². The van der Waals surface area contributed by atoms with Gasteiger partial charge in [0.05, 0.1) is 0 Å². The molecular weight excluding hydrogens is 266 g/mol. The largest absolute Gasteiger partial charge is 0.324 e. The monoisotopic (exact) mass is 285 g/mol. The lowest BCUT2D eigenvalue weighted by Crippen LogP contribution is -2.13. The summed E-state index contributed by atoms with van der Waals surface area (Å²) in [5.74, 6) is 0. The van der Waals surface area contributed by atoms with Gasteiger partial charge in [0.1, 0.15) is 0 Å². The fraction of sp³-hybridized carbons (Fsp3) is 0.333. The minimum Gasteiger partial charge on any atom is -0.324 e. The molecule has 20 heavy (non-hydrogen) atoms. The van der Waals surface area contributed by atoms with E-state index in [2.05, 4.69) is 24.3 Å². The van der Waals surface area contributed by atoms with E-state index in [1.807, 2.05) is 19.1 Å². The Morgan fingerprint density at radius 1 is 1.10 bits per heavy atom. The summed E-state index contributed by atoms with van der Waals surface area (Å²) in [6.07, 6.45) is 4.61. The zero-order valence-electron chi connectivity index (χ0n) is 11.8. The topological polar surface area (TPSA) is 26.0 Å². The summed E-state index contributed by atoms with van der Waals surface area (Å²) >= 11 is 6.18. The Morgan fingerprint density at radius 2 is 1.90 bits per heavy atom. The lowest BCUT2D eigenvalue weighted by molar-refractivity contribution is 0.721. The zero-order valence-corrected chi connectivity index (χ0v) is 12.6. The van der Waals surface area contributed by atoms with Crippen molar-refractivity contribution >= 4 is 11.6 Å². The summed E-state index contributed by atoms with van der Waals surface area (Å²) in [5.41, 5.74) is 12.9. The lowest BCUT2D eigenvalue weighted by Gasteiger charge is -2.14. The molecule has 0 spiro atoms. The minimum absolute atomic E-state index is 0.00699. The van der Waals surface area contributed by atoms with Gasteiger partial charge in [0.25, 0.3) is 0 Å². The zero-order chi connectivity index (χ0) is 14.1. The van der Waals surface area contributed by atoms with Crippen molar-refractivity contribution in [2.45, 2.75) is 38.6 Å². The quantitative estimate of drug-likeness (QED) is 0.890. The van der Waals surface area contributed by atoms with Crippen LogP contribution in [0.2, 0.25) is 5.02 Å². The first-order valence-corrected chi connectivity index (χ1v) is 7.63. The van der Waals surface area contributed by atoms with Crippen LogP contribution in [-0.2, 0) is 19.3 Å². The highest BCUT2D eigenvalue weighted by atomic mass is 35.5. The van der Waals surface area contributed by atoms with Crippen LogP contribution in [0.1, 0.15) is 40.3 Å². The van der Waals surface area contributed by atoms with Gasteiger partial charge in [-0.05, 0) is 66.5 Å². The Kier molecular flexibility index (Phi) is 3.82. The van der Waals surface area contributed by atoms with Gasteiger partial charge in [-0.25, -0.2) is 0 Å². The first-order chi connectivity index (χ1) is 9.63. The Balaban J connectivity index is 1.78. The summed E-state index contributed by atoms with van der Waals surface area (Å²) < 4.78 is 0. The van der Waals surface area contributed by atoms with Crippen molar-refractivity contribution < 1.29 is 0 Å². The van der Waals surface area contributed by atoms with Crippen molar-refractivity contribution in [1.82, 2.24) is 0 Å². The van der Waals surface area contributed by atoms with Crippen LogP contribution in [0.4, 0.5) is 0 Å². The number of aryl methyl sites for hydroxylation is 3. The molecule has 0 bridgehead atoms. The van der Waals surface area contributed by atoms with E-state index in [9.17, 15) is 0 Å². The second kappa shape index (κ2) is 5.59. The summed E-state index contributed by atoms with van der Waals surface area (Å²) in [5, 5.41) is 0.798. The highest BCUT2D eigenvalue weighted by molar-refractivity contribution is 6.31. The molecular formula is C18H20ClN. The van der Waals surface area contributed by atoms with Crippen LogP contribution in [0.25, 0.3) is 0 Å². The number of halogens is 1. The van der Waals surface area contributed by atoms with Crippen LogP contribution in [0.3, 0.4) is 0 Å². The molecule has 1 aliphatic carbocycles. The molecule has 0 fully saturated rings. The van der Waals surface area contributed by atoms with Gasteiger partial charge in [-0.3, -0.25) is 0 Å². The maximum Gasteiger partial charge on any atom is 0.0438 e. The predicted octanol–water partition coefficient (Wildman–Crippen LogP) is 4.38. The Morgan fingerprint density at radius 3 is 2.70 bits per heavy atom. The summed E-state index contributed by atoms with van der Waals surface area (Å²) in [4.78, 5) is 0. The number of nitrogens with two attached hydrogens (primary N) is 1. The molecule has 1 unspecified atom stereocenters. The van der Waals surface area contributed by atoms with Gasteiger partial charge in [0, 0.05) is 11.1 Å². The van der Waals surface area contributed by atoms with E-state index < -0.39 is 0 Å². The van der Waals surface area contributed by atoms with Gasteiger partial charge in [-0.2, -0.15) is 0 Å². The van der Waals surface area contributed by atoms with Gasteiger partial charge in [-0.15, -0.1) is 0 Å². The molecule has 0 radical (unpaired) electrons. The smallest absolute Gasteiger partial charge is 0.0438 e. The number of hydrogen-bond donors (Lipinski definition) is 1. The Labute approximate surface area is 125 Å². The normalized spacial score (nSPS) is 15.2. The molecule has 0 saturated heterocycles. The molecule has 0 heterocycles. The molecule has 3 rings (SSSR count). The van der Waals surface area contributed by atoms with Gasteiger partial charge in [-0.1, -0.05) is 41.9 Å². The number of hydrogen-bond acceptors (Lipinski definition) is 1. The first-order valence-electron chi connectivity index (χ1n) is 7.26. The van der Waals surface area contributed by atoms with Crippen molar-refractivity contribution in [1.29, 1.82) is 0 Å². The molecule has 0 aliphatic heterocycles. The van der Waals surface area contributed by atoms with Crippen LogP contribution in [0.5, 0.6) is 0 Å². The van der Waals surface area contributed by atoms with E-state index in [1.165, 1.54) is 36.0 Å². The van der Waals surface area contributed by atoms with Gasteiger partial charge in [0.15, 0.2) is 0 Å². The molecule has 1 nitrogen and oxygen atoms in total. The van der Waals surface area contributed by atoms with Crippen molar-refractivity contribution in [3.8, 4) is 0 Å². The van der Waals surface area contributed by atoms with Crippen LogP contribution < -0.4 is 5.73 Å². The molecule has 2 heteroatoms. The summed E-state index contributed by atoms with van der Waals surface area (Å²) in [7, 11) is 0. The third-order valence-electron chi connectivity index (χ3n) is 4.24. The van der Waals surface area contributed by atoms with Crippen LogP contribution >= 0.6 is 11.6 Å². The molecule has 2 aromatic carbocycles. The highest BCUT2D eigenvalue weighted by Gasteiger charge is 2.13. The molecule has 2 N–H and O–H groups in total. The summed E-state index contributed by atoms with van der Waals surface area (Å²) in [6.45, 7) is 2.01. The minimum atomic E-state index is 0.00699. The van der Waals surface area contributed by atoms with Crippen molar-refractivity contribution in [2.75, 3.05) is 0 Å². The van der Waals surface area contributed by atoms with Gasteiger partial charge in [0.2, 0.25) is 0 Å². The molecule has 0 aromatic heterocycles. The fourth-order valence-corrected chi connectivity index (χ4v) is 3.15. The van der Waals surface area contributed by atoms with E-state index in [1.54, 1.807) is 0 Å². The standard InChI is InChI=1S/C18H20ClN/c1-12-5-7-16(11-17(12)19)18(20)10-13-6-8-14-3-2-4-15(14)9-13/h5-9,11,18H,2-4,10,20H2,1H3. The molecule has 0 saturated carbocycles. The predicted molar refractivity (Wildman–Crippen MR) is 85.3 cm³/mol. The third kappa shape index (κ3) is 2.74. The van der Waals surface area contributed by atoms with Crippen LogP contribution in [0, 0.1) is 6.92 Å². The highest BCUT2D eigenvalue weighted by Crippen LogP contribution is 2.26. The van der Waals surface area contributed by atoms with E-state index in [-0.39, 0.29) is 6.04 Å². The number of benzene rings is 2. The number of fused-ring (bicyclic) bond motifs is 1. The van der Waals surface area contributed by atoms with E-state index in [0.717, 1.165) is 22.6 Å². The Bertz CT molecular complexity index is 633. The van der Waals surface area contributed by atoms with Crippen LogP contribution in [0.15, 0.2) is 36.4 Å². The second-order valence-electron chi connectivity index (χ2n) is 5.78. The molecule has 1 aliphatic rings. The Hall–Kier alpha value is -1.31. The SMILES string of the molecule is Cc1ccc(C(N)Cc2ccc3c(c2)CCC3)cc1Cl. The number of rotatable bonds is 3. The average molecular weight is 286 g/mol. The van der Waals surface area contributed by atoms with Gasteiger partial charge >= 0.3 is 0 Å². The van der Waals surface area contributed by atoms with Crippen molar-refractivity contribution in [2.24, 2.45) is 5.73 Å². The molecule has 1 atom stereocenters. The molecule has 2 aromatic rings. The van der Waals surface area contributed by atoms with E-state index >= 15 is 0 Å². The van der Waals surface area contributed by atoms with E-state index in [4.69, 9.17) is 17.3 Å². The average Bonchev–Trinajstić information content (AvgIpc) is 2.89. The van der Waals surface area contributed by atoms with Crippen LogP contribution in [-0.4, -0.2) is 0 Å².